The number of rotatable bonds is 4. The molecular formula is C12H19N3O. The fourth-order valence-electron chi connectivity index (χ4n) is 1.95. The van der Waals surface area contributed by atoms with Crippen LogP contribution in [0.3, 0.4) is 0 Å². The largest absolute Gasteiger partial charge is 0.381 e. The summed E-state index contributed by atoms with van der Waals surface area (Å²) in [5.41, 5.74) is 1.13. The zero-order chi connectivity index (χ0) is 11.4. The molecule has 1 atom stereocenters. The summed E-state index contributed by atoms with van der Waals surface area (Å²) in [5.74, 6) is 2.23. The lowest BCUT2D eigenvalue weighted by molar-refractivity contribution is 0.193. The minimum atomic E-state index is 0.379. The number of hydrogen-bond acceptors (Lipinski definition) is 4. The number of aryl methyl sites for hydroxylation is 1. The molecule has 4 nitrogen and oxygen atoms in total. The van der Waals surface area contributed by atoms with E-state index in [0.717, 1.165) is 49.8 Å². The third kappa shape index (κ3) is 2.50. The van der Waals surface area contributed by atoms with Crippen LogP contribution in [0.4, 0.5) is 5.82 Å². The Morgan fingerprint density at radius 1 is 1.50 bits per heavy atom. The molecule has 1 aromatic rings. The minimum absolute atomic E-state index is 0.379. The quantitative estimate of drug-likeness (QED) is 0.844. The van der Waals surface area contributed by atoms with Crippen LogP contribution >= 0.6 is 0 Å². The van der Waals surface area contributed by atoms with Crippen molar-refractivity contribution in [3.8, 4) is 0 Å². The summed E-state index contributed by atoms with van der Waals surface area (Å²) < 4.78 is 5.38. The Morgan fingerprint density at radius 3 is 3.00 bits per heavy atom. The van der Waals surface area contributed by atoms with Gasteiger partial charge in [0.25, 0.3) is 0 Å². The van der Waals surface area contributed by atoms with Crippen molar-refractivity contribution in [3.05, 3.63) is 17.6 Å². The third-order valence-electron chi connectivity index (χ3n) is 2.85. The topological polar surface area (TPSA) is 47.0 Å². The van der Waals surface area contributed by atoms with Crippen molar-refractivity contribution in [2.45, 2.75) is 32.1 Å². The third-order valence-corrected chi connectivity index (χ3v) is 2.85. The van der Waals surface area contributed by atoms with Crippen molar-refractivity contribution in [1.29, 1.82) is 0 Å². The number of nitrogens with zero attached hydrogens (tertiary/aromatic N) is 2. The molecule has 0 spiro atoms. The molecule has 2 rings (SSSR count). The first-order chi connectivity index (χ1) is 7.83. The van der Waals surface area contributed by atoms with Crippen LogP contribution in [0.25, 0.3) is 0 Å². The van der Waals surface area contributed by atoms with Gasteiger partial charge in [-0.1, -0.05) is 13.3 Å². The zero-order valence-corrected chi connectivity index (χ0v) is 9.99. The van der Waals surface area contributed by atoms with Gasteiger partial charge < -0.3 is 10.1 Å². The molecule has 0 aliphatic carbocycles. The maximum Gasteiger partial charge on any atom is 0.136 e. The monoisotopic (exact) mass is 221 g/mol. The van der Waals surface area contributed by atoms with Crippen LogP contribution in [-0.4, -0.2) is 30.2 Å². The fraction of sp³-hybridized carbons (Fsp3) is 0.667. The van der Waals surface area contributed by atoms with Gasteiger partial charge in [-0.15, -0.1) is 0 Å². The molecule has 2 heterocycles. The van der Waals surface area contributed by atoms with E-state index in [1.807, 2.05) is 13.1 Å². The standard InChI is InChI=1S/C12H19N3O/c1-3-4-10-7-11(13-2)15-12(14-10)9-5-6-16-8-9/h7,9H,3-6,8H2,1-2H3,(H,13,14,15). The summed E-state index contributed by atoms with van der Waals surface area (Å²) >= 11 is 0. The SMILES string of the molecule is CCCc1cc(NC)nc(C2CCOC2)n1. The van der Waals surface area contributed by atoms with Crippen LogP contribution in [-0.2, 0) is 11.2 Å². The van der Waals surface area contributed by atoms with Gasteiger partial charge in [0.05, 0.1) is 6.61 Å². The van der Waals surface area contributed by atoms with Crippen LogP contribution in [0.2, 0.25) is 0 Å². The molecule has 1 saturated heterocycles. The van der Waals surface area contributed by atoms with Crippen molar-refractivity contribution in [2.24, 2.45) is 0 Å². The van der Waals surface area contributed by atoms with Crippen molar-refractivity contribution in [2.75, 3.05) is 25.6 Å². The first-order valence-electron chi connectivity index (χ1n) is 5.96. The van der Waals surface area contributed by atoms with Gasteiger partial charge in [-0.2, -0.15) is 0 Å². The first-order valence-corrected chi connectivity index (χ1v) is 5.96. The molecule has 0 amide bonds. The van der Waals surface area contributed by atoms with Gasteiger partial charge in [0.15, 0.2) is 0 Å². The van der Waals surface area contributed by atoms with Crippen LogP contribution in [0.15, 0.2) is 6.07 Å². The van der Waals surface area contributed by atoms with Crippen molar-refractivity contribution in [3.63, 3.8) is 0 Å². The van der Waals surface area contributed by atoms with Crippen LogP contribution in [0.5, 0.6) is 0 Å². The number of nitrogens with one attached hydrogen (secondary N) is 1. The summed E-state index contributed by atoms with van der Waals surface area (Å²) in [4.78, 5) is 9.14. The van der Waals surface area contributed by atoms with Crippen LogP contribution in [0, 0.1) is 0 Å². The maximum atomic E-state index is 5.38. The van der Waals surface area contributed by atoms with Crippen LogP contribution < -0.4 is 5.32 Å². The molecular weight excluding hydrogens is 202 g/mol. The molecule has 1 unspecified atom stereocenters. The zero-order valence-electron chi connectivity index (χ0n) is 9.99. The molecule has 1 aromatic heterocycles. The lowest BCUT2D eigenvalue weighted by Gasteiger charge is -2.10. The summed E-state index contributed by atoms with van der Waals surface area (Å²) in [6, 6.07) is 2.03. The minimum Gasteiger partial charge on any atom is -0.381 e. The fourth-order valence-corrected chi connectivity index (χ4v) is 1.95. The van der Waals surface area contributed by atoms with E-state index in [1.54, 1.807) is 0 Å². The lowest BCUT2D eigenvalue weighted by Crippen LogP contribution is -2.08. The van der Waals surface area contributed by atoms with Gasteiger partial charge >= 0.3 is 0 Å². The van der Waals surface area contributed by atoms with E-state index < -0.39 is 0 Å². The highest BCUT2D eigenvalue weighted by Crippen LogP contribution is 2.23. The van der Waals surface area contributed by atoms with Gasteiger partial charge in [-0.3, -0.25) is 0 Å². The van der Waals surface area contributed by atoms with Gasteiger partial charge in [-0.25, -0.2) is 9.97 Å². The predicted octanol–water partition coefficient (Wildman–Crippen LogP) is 1.97. The van der Waals surface area contributed by atoms with E-state index in [2.05, 4.69) is 22.2 Å². The highest BCUT2D eigenvalue weighted by atomic mass is 16.5. The van der Waals surface area contributed by atoms with E-state index in [-0.39, 0.29) is 0 Å². The average Bonchev–Trinajstić information content (AvgIpc) is 2.82. The van der Waals surface area contributed by atoms with Gasteiger partial charge in [0, 0.05) is 31.3 Å². The Bertz CT molecular complexity index is 348. The molecule has 0 bridgehead atoms. The predicted molar refractivity (Wildman–Crippen MR) is 63.8 cm³/mol. The van der Waals surface area contributed by atoms with Crippen molar-refractivity contribution in [1.82, 2.24) is 9.97 Å². The Morgan fingerprint density at radius 2 is 2.38 bits per heavy atom. The molecule has 16 heavy (non-hydrogen) atoms. The molecule has 1 aliphatic heterocycles. The van der Waals surface area contributed by atoms with E-state index in [0.29, 0.717) is 5.92 Å². The summed E-state index contributed by atoms with van der Waals surface area (Å²) in [7, 11) is 1.90. The van der Waals surface area contributed by atoms with E-state index in [1.165, 1.54) is 0 Å². The second-order valence-electron chi connectivity index (χ2n) is 4.16. The number of ether oxygens (including phenoxy) is 1. The second kappa shape index (κ2) is 5.25. The molecule has 0 aromatic carbocycles. The Labute approximate surface area is 96.4 Å². The highest BCUT2D eigenvalue weighted by Gasteiger charge is 2.21. The number of anilines is 1. The summed E-state index contributed by atoms with van der Waals surface area (Å²) in [6.07, 6.45) is 3.16. The molecule has 4 heteroatoms. The smallest absolute Gasteiger partial charge is 0.136 e. The van der Waals surface area contributed by atoms with Crippen LogP contribution in [0.1, 0.15) is 37.2 Å². The maximum absolute atomic E-state index is 5.38. The van der Waals surface area contributed by atoms with Crippen molar-refractivity contribution < 1.29 is 4.74 Å². The molecule has 1 fully saturated rings. The van der Waals surface area contributed by atoms with Gasteiger partial charge in [0.1, 0.15) is 11.6 Å². The van der Waals surface area contributed by atoms with Gasteiger partial charge in [0.2, 0.25) is 0 Å². The van der Waals surface area contributed by atoms with E-state index in [4.69, 9.17) is 4.74 Å². The van der Waals surface area contributed by atoms with E-state index in [9.17, 15) is 0 Å². The Balaban J connectivity index is 2.24. The summed E-state index contributed by atoms with van der Waals surface area (Å²) in [5, 5.41) is 3.10. The molecule has 1 aliphatic rings. The molecule has 0 radical (unpaired) electrons. The first kappa shape index (κ1) is 11.3. The van der Waals surface area contributed by atoms with Gasteiger partial charge in [-0.05, 0) is 12.8 Å². The highest BCUT2D eigenvalue weighted by molar-refractivity contribution is 5.35. The number of hydrogen-bond donors (Lipinski definition) is 1. The van der Waals surface area contributed by atoms with Crippen molar-refractivity contribution >= 4 is 5.82 Å². The Kier molecular flexibility index (Phi) is 3.72. The summed E-state index contributed by atoms with van der Waals surface area (Å²) in [6.45, 7) is 3.76. The normalized spacial score (nSPS) is 20.0. The molecule has 88 valence electrons. The molecule has 1 N–H and O–H groups in total. The second-order valence-corrected chi connectivity index (χ2v) is 4.16. The van der Waals surface area contributed by atoms with E-state index >= 15 is 0 Å². The Hall–Kier alpha value is -1.16. The average molecular weight is 221 g/mol. The molecule has 0 saturated carbocycles. The lowest BCUT2D eigenvalue weighted by atomic mass is 10.1. The number of aromatic nitrogens is 2.